The molecule has 3 heterocycles. The smallest absolute Gasteiger partial charge is 0.183 e. The van der Waals surface area contributed by atoms with Crippen LogP contribution >= 0.6 is 11.3 Å². The molecule has 0 radical (unpaired) electrons. The molecule has 0 aromatic carbocycles. The Bertz CT molecular complexity index is 648. The fourth-order valence-corrected chi connectivity index (χ4v) is 3.54. The molecule has 21 heavy (non-hydrogen) atoms. The van der Waals surface area contributed by atoms with E-state index in [9.17, 15) is 0 Å². The van der Waals surface area contributed by atoms with Crippen molar-refractivity contribution < 1.29 is 0 Å². The number of hydrogen-bond donors (Lipinski definition) is 1. The standard InChI is InChI=1S/C16H22N4S/c1-10(2)17-16-19-15(9-21-16)13-7-12-8-20(4)6-5-14(12)18-11(13)3/h7,9-10H,5-6,8H2,1-4H3,(H,17,19). The first-order valence-electron chi connectivity index (χ1n) is 7.43. The van der Waals surface area contributed by atoms with Crippen molar-refractivity contribution >= 4 is 16.5 Å². The van der Waals surface area contributed by atoms with E-state index in [1.54, 1.807) is 11.3 Å². The molecule has 0 saturated carbocycles. The average molecular weight is 302 g/mol. The normalized spacial score (nSPS) is 15.3. The van der Waals surface area contributed by atoms with Crippen LogP contribution < -0.4 is 5.32 Å². The van der Waals surface area contributed by atoms with E-state index in [2.05, 4.69) is 49.5 Å². The highest BCUT2D eigenvalue weighted by atomic mass is 32.1. The summed E-state index contributed by atoms with van der Waals surface area (Å²) >= 11 is 1.66. The van der Waals surface area contributed by atoms with Crippen LogP contribution in [0.15, 0.2) is 11.4 Å². The summed E-state index contributed by atoms with van der Waals surface area (Å²) in [7, 11) is 2.16. The Morgan fingerprint density at radius 3 is 2.90 bits per heavy atom. The van der Waals surface area contributed by atoms with E-state index in [1.807, 2.05) is 0 Å². The molecule has 0 aliphatic carbocycles. The fraction of sp³-hybridized carbons (Fsp3) is 0.500. The lowest BCUT2D eigenvalue weighted by Gasteiger charge is -2.25. The van der Waals surface area contributed by atoms with Crippen LogP contribution in [0.1, 0.15) is 30.8 Å². The number of nitrogens with one attached hydrogen (secondary N) is 1. The molecule has 2 aromatic heterocycles. The SMILES string of the molecule is Cc1nc2c(cc1-c1csc(NC(C)C)n1)CN(C)CC2. The quantitative estimate of drug-likeness (QED) is 0.944. The van der Waals surface area contributed by atoms with Gasteiger partial charge in [0.05, 0.1) is 5.69 Å². The van der Waals surface area contributed by atoms with Crippen molar-refractivity contribution in [1.82, 2.24) is 14.9 Å². The summed E-state index contributed by atoms with van der Waals surface area (Å²) in [5, 5.41) is 6.46. The minimum absolute atomic E-state index is 0.403. The van der Waals surface area contributed by atoms with E-state index >= 15 is 0 Å². The lowest BCUT2D eigenvalue weighted by atomic mass is 10.0. The van der Waals surface area contributed by atoms with Crippen LogP contribution in [0.5, 0.6) is 0 Å². The Kier molecular flexibility index (Phi) is 3.95. The maximum atomic E-state index is 4.81. The molecule has 1 N–H and O–H groups in total. The number of nitrogens with zero attached hydrogens (tertiary/aromatic N) is 3. The monoisotopic (exact) mass is 302 g/mol. The Morgan fingerprint density at radius 1 is 1.33 bits per heavy atom. The molecule has 0 bridgehead atoms. The molecule has 5 heteroatoms. The van der Waals surface area contributed by atoms with Crippen LogP contribution in [-0.2, 0) is 13.0 Å². The fourth-order valence-electron chi connectivity index (χ4n) is 2.69. The molecule has 0 atom stereocenters. The van der Waals surface area contributed by atoms with E-state index < -0.39 is 0 Å². The number of hydrogen-bond acceptors (Lipinski definition) is 5. The van der Waals surface area contributed by atoms with Crippen LogP contribution in [0.4, 0.5) is 5.13 Å². The highest BCUT2D eigenvalue weighted by Crippen LogP contribution is 2.30. The molecule has 0 amide bonds. The van der Waals surface area contributed by atoms with Crippen LogP contribution in [0, 0.1) is 6.92 Å². The van der Waals surface area contributed by atoms with Gasteiger partial charge in [0.25, 0.3) is 0 Å². The largest absolute Gasteiger partial charge is 0.359 e. The van der Waals surface area contributed by atoms with E-state index in [0.29, 0.717) is 6.04 Å². The summed E-state index contributed by atoms with van der Waals surface area (Å²) in [4.78, 5) is 11.9. The highest BCUT2D eigenvalue weighted by molar-refractivity contribution is 7.14. The van der Waals surface area contributed by atoms with Gasteiger partial charge in [-0.3, -0.25) is 4.98 Å². The Labute approximate surface area is 130 Å². The van der Waals surface area contributed by atoms with Gasteiger partial charge in [-0.25, -0.2) is 4.98 Å². The predicted octanol–water partition coefficient (Wildman–Crippen LogP) is 3.32. The molecule has 112 valence electrons. The van der Waals surface area contributed by atoms with Crippen LogP contribution in [0.25, 0.3) is 11.3 Å². The maximum Gasteiger partial charge on any atom is 0.183 e. The summed E-state index contributed by atoms with van der Waals surface area (Å²) in [6.45, 7) is 8.42. The molecular weight excluding hydrogens is 280 g/mol. The van der Waals surface area contributed by atoms with E-state index in [1.165, 1.54) is 11.3 Å². The molecule has 0 spiro atoms. The number of pyridine rings is 1. The second-order valence-electron chi connectivity index (χ2n) is 6.05. The first-order chi connectivity index (χ1) is 10.0. The second-order valence-corrected chi connectivity index (χ2v) is 6.91. The summed E-state index contributed by atoms with van der Waals surface area (Å²) < 4.78 is 0. The van der Waals surface area contributed by atoms with Gasteiger partial charge < -0.3 is 10.2 Å². The van der Waals surface area contributed by atoms with E-state index in [4.69, 9.17) is 9.97 Å². The molecule has 4 nitrogen and oxygen atoms in total. The topological polar surface area (TPSA) is 41.1 Å². The Morgan fingerprint density at radius 2 is 2.14 bits per heavy atom. The lowest BCUT2D eigenvalue weighted by molar-refractivity contribution is 0.310. The third kappa shape index (κ3) is 3.09. The Hall–Kier alpha value is -1.46. The summed E-state index contributed by atoms with van der Waals surface area (Å²) in [5.74, 6) is 0. The number of aryl methyl sites for hydroxylation is 1. The van der Waals surface area contributed by atoms with Crippen molar-refractivity contribution in [3.8, 4) is 11.3 Å². The van der Waals surface area contributed by atoms with Crippen LogP contribution in [0.2, 0.25) is 0 Å². The molecule has 1 aliphatic rings. The van der Waals surface area contributed by atoms with Gasteiger partial charge in [-0.05, 0) is 39.4 Å². The number of likely N-dealkylation sites (N-methyl/N-ethyl adjacent to an activating group) is 1. The van der Waals surface area contributed by atoms with Gasteiger partial charge in [0, 0.05) is 47.9 Å². The van der Waals surface area contributed by atoms with Gasteiger partial charge in [0.15, 0.2) is 5.13 Å². The zero-order chi connectivity index (χ0) is 15.0. The molecule has 0 unspecified atom stereocenters. The van der Waals surface area contributed by atoms with Gasteiger partial charge in [-0.1, -0.05) is 0 Å². The Balaban J connectivity index is 1.95. The molecule has 1 aliphatic heterocycles. The molecule has 0 saturated heterocycles. The summed E-state index contributed by atoms with van der Waals surface area (Å²) in [6.07, 6.45) is 1.05. The minimum atomic E-state index is 0.403. The zero-order valence-corrected chi connectivity index (χ0v) is 13.9. The van der Waals surface area contributed by atoms with Gasteiger partial charge in [0.1, 0.15) is 0 Å². The third-order valence-electron chi connectivity index (χ3n) is 3.74. The first kappa shape index (κ1) is 14.5. The molecular formula is C16H22N4S. The number of aromatic nitrogens is 2. The van der Waals surface area contributed by atoms with Crippen LogP contribution in [0.3, 0.4) is 0 Å². The third-order valence-corrected chi connectivity index (χ3v) is 4.52. The van der Waals surface area contributed by atoms with Crippen LogP contribution in [-0.4, -0.2) is 34.5 Å². The van der Waals surface area contributed by atoms with E-state index in [-0.39, 0.29) is 0 Å². The van der Waals surface area contributed by atoms with E-state index in [0.717, 1.165) is 41.6 Å². The molecule has 2 aromatic rings. The van der Waals surface area contributed by atoms with Gasteiger partial charge >= 0.3 is 0 Å². The van der Waals surface area contributed by atoms with Crippen molar-refractivity contribution in [3.05, 3.63) is 28.4 Å². The van der Waals surface area contributed by atoms with Crippen molar-refractivity contribution in [1.29, 1.82) is 0 Å². The van der Waals surface area contributed by atoms with Crippen molar-refractivity contribution in [2.75, 3.05) is 18.9 Å². The minimum Gasteiger partial charge on any atom is -0.359 e. The van der Waals surface area contributed by atoms with Gasteiger partial charge in [-0.2, -0.15) is 0 Å². The highest BCUT2D eigenvalue weighted by Gasteiger charge is 2.18. The van der Waals surface area contributed by atoms with Gasteiger partial charge in [0.2, 0.25) is 0 Å². The average Bonchev–Trinajstić information content (AvgIpc) is 2.86. The van der Waals surface area contributed by atoms with Gasteiger partial charge in [-0.15, -0.1) is 11.3 Å². The maximum absolute atomic E-state index is 4.81. The van der Waals surface area contributed by atoms with Crippen molar-refractivity contribution in [2.24, 2.45) is 0 Å². The predicted molar refractivity (Wildman–Crippen MR) is 88.9 cm³/mol. The summed E-state index contributed by atoms with van der Waals surface area (Å²) in [6, 6.07) is 2.68. The summed E-state index contributed by atoms with van der Waals surface area (Å²) in [5.41, 5.74) is 5.88. The molecule has 0 fully saturated rings. The zero-order valence-electron chi connectivity index (χ0n) is 13.1. The lowest BCUT2D eigenvalue weighted by Crippen LogP contribution is -2.27. The van der Waals surface area contributed by atoms with Crippen molar-refractivity contribution in [2.45, 2.75) is 39.8 Å². The number of fused-ring (bicyclic) bond motifs is 1. The number of rotatable bonds is 3. The second kappa shape index (κ2) is 5.73. The molecule has 3 rings (SSSR count). The number of anilines is 1. The first-order valence-corrected chi connectivity index (χ1v) is 8.31. The number of thiazole rings is 1. The van der Waals surface area contributed by atoms with Crippen molar-refractivity contribution in [3.63, 3.8) is 0 Å².